The highest BCUT2D eigenvalue weighted by Crippen LogP contribution is 2.32. The van der Waals surface area contributed by atoms with Gasteiger partial charge in [-0.3, -0.25) is 13.9 Å². The lowest BCUT2D eigenvalue weighted by Crippen LogP contribution is -2.33. The molecule has 0 spiro atoms. The number of nitrogens with one attached hydrogen (secondary N) is 1. The first kappa shape index (κ1) is 24.7. The number of imidazole rings is 1. The Morgan fingerprint density at radius 2 is 1.69 bits per heavy atom. The van der Waals surface area contributed by atoms with Gasteiger partial charge >= 0.3 is 11.9 Å². The molecule has 0 aliphatic rings. The van der Waals surface area contributed by atoms with Crippen molar-refractivity contribution in [3.8, 4) is 10.6 Å². The van der Waals surface area contributed by atoms with Crippen molar-refractivity contribution in [2.24, 2.45) is 0 Å². The number of halogens is 5. The van der Waals surface area contributed by atoms with Gasteiger partial charge < -0.3 is 5.32 Å². The molecule has 0 bridgehead atoms. The van der Waals surface area contributed by atoms with Crippen LogP contribution in [0.4, 0.5) is 17.6 Å². The monoisotopic (exact) mass is 523 g/mol. The second-order valence-electron chi connectivity index (χ2n) is 7.64. The van der Waals surface area contributed by atoms with Crippen molar-refractivity contribution < 1.29 is 22.4 Å². The van der Waals surface area contributed by atoms with E-state index in [0.29, 0.717) is 14.9 Å². The molecule has 182 valence electrons. The third-order valence-electron chi connectivity index (χ3n) is 5.27. The van der Waals surface area contributed by atoms with Gasteiger partial charge in [0.25, 0.3) is 0 Å². The van der Waals surface area contributed by atoms with Crippen molar-refractivity contribution in [2.75, 3.05) is 0 Å². The number of thiophene rings is 1. The molecule has 1 N–H and O–H groups in total. The van der Waals surface area contributed by atoms with Gasteiger partial charge in [-0.15, -0.1) is 11.3 Å². The number of hydrogen-bond donors (Lipinski definition) is 1. The van der Waals surface area contributed by atoms with Crippen LogP contribution in [0.25, 0.3) is 10.6 Å². The first-order valence-corrected chi connectivity index (χ1v) is 11.5. The van der Waals surface area contributed by atoms with Crippen molar-refractivity contribution >= 4 is 28.8 Å². The molecular formula is C24H18ClF4N3O2S. The number of carbonyl (C=O) groups is 1. The third kappa shape index (κ3) is 5.66. The predicted octanol–water partition coefficient (Wildman–Crippen LogP) is 5.55. The molecule has 4 rings (SSSR count). The summed E-state index contributed by atoms with van der Waals surface area (Å²) in [5, 5.41) is 2.43. The molecule has 0 saturated carbocycles. The summed E-state index contributed by atoms with van der Waals surface area (Å²) < 4.78 is 56.8. The summed E-state index contributed by atoms with van der Waals surface area (Å²) >= 11 is 7.26. The molecule has 4 aromatic rings. The van der Waals surface area contributed by atoms with Crippen molar-refractivity contribution in [3.05, 3.63) is 104 Å². The Labute approximate surface area is 206 Å². The van der Waals surface area contributed by atoms with E-state index in [9.17, 15) is 27.2 Å². The number of alkyl halides is 3. The fourth-order valence-electron chi connectivity index (χ4n) is 3.60. The van der Waals surface area contributed by atoms with Gasteiger partial charge in [-0.2, -0.15) is 13.2 Å². The molecule has 2 aromatic carbocycles. The maximum absolute atomic E-state index is 14.3. The maximum atomic E-state index is 14.3. The average molecular weight is 524 g/mol. The van der Waals surface area contributed by atoms with E-state index in [2.05, 4.69) is 5.32 Å². The molecule has 0 aliphatic heterocycles. The zero-order chi connectivity index (χ0) is 25.2. The number of nitrogens with zero attached hydrogens (tertiary/aromatic N) is 2. The minimum atomic E-state index is -4.56. The van der Waals surface area contributed by atoms with Gasteiger partial charge in [0.15, 0.2) is 0 Å². The Morgan fingerprint density at radius 1 is 1.00 bits per heavy atom. The molecule has 11 heteroatoms. The highest BCUT2D eigenvalue weighted by Gasteiger charge is 2.32. The fraction of sp³-hybridized carbons (Fsp3) is 0.167. The second-order valence-corrected chi connectivity index (χ2v) is 9.35. The highest BCUT2D eigenvalue weighted by atomic mass is 35.5. The van der Waals surface area contributed by atoms with Crippen LogP contribution in [0, 0.1) is 5.82 Å². The molecule has 0 atom stereocenters. The Bertz CT molecular complexity index is 1420. The summed E-state index contributed by atoms with van der Waals surface area (Å²) in [7, 11) is 0. The minimum absolute atomic E-state index is 0.0794. The summed E-state index contributed by atoms with van der Waals surface area (Å²) in [5.74, 6) is -1.13. The van der Waals surface area contributed by atoms with Crippen LogP contribution < -0.4 is 11.0 Å². The van der Waals surface area contributed by atoms with Gasteiger partial charge in [0, 0.05) is 18.3 Å². The zero-order valence-corrected chi connectivity index (χ0v) is 19.6. The molecule has 0 unspecified atom stereocenters. The third-order valence-corrected chi connectivity index (χ3v) is 6.52. The Hall–Kier alpha value is -3.37. The number of benzene rings is 2. The first-order valence-electron chi connectivity index (χ1n) is 10.3. The molecule has 0 saturated heterocycles. The number of hydrogen-bond acceptors (Lipinski definition) is 3. The van der Waals surface area contributed by atoms with Gasteiger partial charge in [0.1, 0.15) is 12.4 Å². The standard InChI is InChI=1S/C24H18ClF4N3O2S/c25-21-10-9-20(35-21)19-13-31(23(34)32(19)12-16-6-2-4-8-18(16)26)14-22(33)30-11-15-5-1-3-7-17(15)24(27,28)29/h1-10,13H,11-12,14H2,(H,30,33). The highest BCUT2D eigenvalue weighted by molar-refractivity contribution is 7.19. The van der Waals surface area contributed by atoms with Crippen LogP contribution in [0.3, 0.4) is 0 Å². The summed E-state index contributed by atoms with van der Waals surface area (Å²) in [5.41, 5.74) is -0.787. The largest absolute Gasteiger partial charge is 0.416 e. The summed E-state index contributed by atoms with van der Waals surface area (Å²) in [6.45, 7) is -0.861. The molecule has 35 heavy (non-hydrogen) atoms. The van der Waals surface area contributed by atoms with E-state index in [-0.39, 0.29) is 24.2 Å². The lowest BCUT2D eigenvalue weighted by atomic mass is 10.1. The second kappa shape index (κ2) is 10.1. The van der Waals surface area contributed by atoms with Gasteiger partial charge in [-0.05, 0) is 29.8 Å². The molecule has 5 nitrogen and oxygen atoms in total. The van der Waals surface area contributed by atoms with E-state index < -0.39 is 35.7 Å². The lowest BCUT2D eigenvalue weighted by Gasteiger charge is -2.13. The molecule has 0 radical (unpaired) electrons. The quantitative estimate of drug-likeness (QED) is 0.323. The first-order chi connectivity index (χ1) is 16.6. The molecule has 0 aliphatic carbocycles. The molecule has 1 amide bonds. The van der Waals surface area contributed by atoms with Gasteiger partial charge in [-0.25, -0.2) is 9.18 Å². The topological polar surface area (TPSA) is 56.0 Å². The summed E-state index contributed by atoms with van der Waals surface area (Å²) in [6, 6.07) is 14.3. The van der Waals surface area contributed by atoms with Crippen molar-refractivity contribution in [1.82, 2.24) is 14.5 Å². The van der Waals surface area contributed by atoms with Crippen molar-refractivity contribution in [2.45, 2.75) is 25.8 Å². The van der Waals surface area contributed by atoms with E-state index in [4.69, 9.17) is 11.6 Å². The van der Waals surface area contributed by atoms with Crippen molar-refractivity contribution in [1.29, 1.82) is 0 Å². The summed E-state index contributed by atoms with van der Waals surface area (Å²) in [6.07, 6.45) is -3.10. The Kier molecular flexibility index (Phi) is 7.13. The maximum Gasteiger partial charge on any atom is 0.416 e. The van der Waals surface area contributed by atoms with Gasteiger partial charge in [0.2, 0.25) is 5.91 Å². The lowest BCUT2D eigenvalue weighted by molar-refractivity contribution is -0.138. The van der Waals surface area contributed by atoms with Crippen LogP contribution >= 0.6 is 22.9 Å². The van der Waals surface area contributed by atoms with Crippen LogP contribution in [-0.4, -0.2) is 15.0 Å². The van der Waals surface area contributed by atoms with E-state index in [0.717, 1.165) is 10.6 Å². The summed E-state index contributed by atoms with van der Waals surface area (Å²) in [4.78, 5) is 26.3. The van der Waals surface area contributed by atoms with E-state index in [1.807, 2.05) is 0 Å². The van der Waals surface area contributed by atoms with Gasteiger partial charge in [-0.1, -0.05) is 48.0 Å². The van der Waals surface area contributed by atoms with Crippen LogP contribution in [0.2, 0.25) is 4.34 Å². The molecule has 2 heterocycles. The van der Waals surface area contributed by atoms with E-state index in [1.54, 1.807) is 24.3 Å². The van der Waals surface area contributed by atoms with E-state index in [1.165, 1.54) is 52.4 Å². The SMILES string of the molecule is O=C(Cn1cc(-c2ccc(Cl)s2)n(Cc2ccccc2F)c1=O)NCc1ccccc1C(F)(F)F. The van der Waals surface area contributed by atoms with Gasteiger partial charge in [0.05, 0.1) is 27.0 Å². The van der Waals surface area contributed by atoms with Crippen LogP contribution in [0.1, 0.15) is 16.7 Å². The number of rotatable bonds is 7. The Balaban J connectivity index is 1.59. The predicted molar refractivity (Wildman–Crippen MR) is 126 cm³/mol. The zero-order valence-electron chi connectivity index (χ0n) is 18.0. The number of amides is 1. The average Bonchev–Trinajstić information content (AvgIpc) is 3.37. The number of carbonyl (C=O) groups excluding carboxylic acids is 1. The normalized spacial score (nSPS) is 11.6. The molecule has 0 fully saturated rings. The smallest absolute Gasteiger partial charge is 0.350 e. The van der Waals surface area contributed by atoms with E-state index >= 15 is 0 Å². The Morgan fingerprint density at radius 3 is 2.34 bits per heavy atom. The fourth-order valence-corrected chi connectivity index (χ4v) is 4.66. The number of aromatic nitrogens is 2. The van der Waals surface area contributed by atoms with Crippen LogP contribution in [0.5, 0.6) is 0 Å². The van der Waals surface area contributed by atoms with Crippen LogP contribution in [0.15, 0.2) is 71.7 Å². The van der Waals surface area contributed by atoms with Crippen molar-refractivity contribution in [3.63, 3.8) is 0 Å². The molecular weight excluding hydrogens is 506 g/mol. The van der Waals surface area contributed by atoms with Crippen LogP contribution in [-0.2, 0) is 30.6 Å². The molecule has 2 aromatic heterocycles. The minimum Gasteiger partial charge on any atom is -0.350 e.